The van der Waals surface area contributed by atoms with Crippen LogP contribution in [0.3, 0.4) is 0 Å². The van der Waals surface area contributed by atoms with Gasteiger partial charge >= 0.3 is 35.3 Å². The van der Waals surface area contributed by atoms with E-state index in [1.807, 2.05) is 0 Å². The molecule has 0 saturated heterocycles. The van der Waals surface area contributed by atoms with E-state index in [9.17, 15) is 0 Å². The van der Waals surface area contributed by atoms with Gasteiger partial charge < -0.3 is 0 Å². The van der Waals surface area contributed by atoms with Gasteiger partial charge in [0.25, 0.3) is 0 Å². The van der Waals surface area contributed by atoms with Gasteiger partial charge in [-0.15, -0.1) is 0 Å². The van der Waals surface area contributed by atoms with Crippen LogP contribution in [0, 0.1) is 0 Å². The first-order valence-corrected chi connectivity index (χ1v) is 7.37. The molecule has 1 aliphatic rings. The number of hydrogen-bond donors (Lipinski definition) is 0. The van der Waals surface area contributed by atoms with E-state index < -0.39 is 16.5 Å². The summed E-state index contributed by atoms with van der Waals surface area (Å²) in [5, 5.41) is 0. The summed E-state index contributed by atoms with van der Waals surface area (Å²) in [6.45, 7) is 0. The predicted octanol–water partition coefficient (Wildman–Crippen LogP) is 2.55. The van der Waals surface area contributed by atoms with Crippen molar-refractivity contribution in [2.24, 2.45) is 0 Å². The predicted molar refractivity (Wildman–Crippen MR) is 25.6 cm³/mol. The summed E-state index contributed by atoms with van der Waals surface area (Å²) in [7, 11) is 9.75. The molecule has 0 spiro atoms. The molecule has 0 unspecified atom stereocenters. The van der Waals surface area contributed by atoms with Crippen LogP contribution in [-0.4, -0.2) is 0 Å². The minimum absolute atomic E-state index is 0.472. The molecule has 1 fully saturated rings. The SMILES string of the molecule is C1CC1.[Cl][Pt][Cl]. The second-order valence-electron chi connectivity index (χ2n) is 1.11. The zero-order valence-electron chi connectivity index (χ0n) is 3.19. The van der Waals surface area contributed by atoms with E-state index in [0.29, 0.717) is 0 Å². The van der Waals surface area contributed by atoms with E-state index >= 15 is 0 Å². The zero-order valence-corrected chi connectivity index (χ0v) is 6.98. The molecule has 0 radical (unpaired) electrons. The molecule has 0 N–H and O–H groups in total. The van der Waals surface area contributed by atoms with E-state index in [1.165, 1.54) is 19.3 Å². The second kappa shape index (κ2) is 6.27. The standard InChI is InChI=1S/C3H6.2ClH.Pt/c1-2-3-1;;;/h1-3H2;2*1H;/q;;;+2/p-2. The molecule has 0 aromatic rings. The fraction of sp³-hybridized carbons (Fsp3) is 1.00. The van der Waals surface area contributed by atoms with Crippen LogP contribution in [0.1, 0.15) is 19.3 Å². The van der Waals surface area contributed by atoms with Gasteiger partial charge in [0.2, 0.25) is 0 Å². The normalized spacial score (nSPS) is 15.7. The summed E-state index contributed by atoms with van der Waals surface area (Å²) in [5.41, 5.74) is 0. The second-order valence-corrected chi connectivity index (χ2v) is 4.39. The fourth-order valence-electron chi connectivity index (χ4n) is 0. The van der Waals surface area contributed by atoms with Crippen LogP contribution in [-0.2, 0) is 16.5 Å². The maximum atomic E-state index is 4.88. The summed E-state index contributed by atoms with van der Waals surface area (Å²) >= 11 is -0.472. The topological polar surface area (TPSA) is 0 Å². The van der Waals surface area contributed by atoms with Crippen LogP contribution < -0.4 is 0 Å². The van der Waals surface area contributed by atoms with Crippen LogP contribution >= 0.6 is 18.8 Å². The first-order chi connectivity index (χ1) is 2.91. The Morgan fingerprint density at radius 1 is 1.00 bits per heavy atom. The summed E-state index contributed by atoms with van der Waals surface area (Å²) in [6.07, 6.45) is 4.50. The van der Waals surface area contributed by atoms with Gasteiger partial charge in [0.15, 0.2) is 0 Å². The number of halogens is 2. The third kappa shape index (κ3) is 18.7. The Morgan fingerprint density at radius 2 is 1.17 bits per heavy atom. The molecule has 0 atom stereocenters. The third-order valence-electron chi connectivity index (χ3n) is 0.354. The molecule has 3 heteroatoms. The molecule has 0 aliphatic heterocycles. The van der Waals surface area contributed by atoms with E-state index in [1.54, 1.807) is 0 Å². The van der Waals surface area contributed by atoms with Crippen LogP contribution in [0.15, 0.2) is 0 Å². The van der Waals surface area contributed by atoms with E-state index in [2.05, 4.69) is 0 Å². The summed E-state index contributed by atoms with van der Waals surface area (Å²) in [5.74, 6) is 0. The molecule has 1 rings (SSSR count). The monoisotopic (exact) mass is 307 g/mol. The molecule has 42 valence electrons. The molecule has 0 aromatic carbocycles. The molecular weight excluding hydrogens is 302 g/mol. The number of rotatable bonds is 0. The molecule has 1 saturated carbocycles. The van der Waals surface area contributed by atoms with E-state index in [4.69, 9.17) is 18.8 Å². The average Bonchev–Trinajstić information content (AvgIpc) is 2.11. The molecule has 0 bridgehead atoms. The first-order valence-electron chi connectivity index (χ1n) is 1.74. The van der Waals surface area contributed by atoms with Gasteiger partial charge in [-0.25, -0.2) is 0 Å². The van der Waals surface area contributed by atoms with Crippen molar-refractivity contribution >= 4 is 18.8 Å². The molecule has 0 heterocycles. The van der Waals surface area contributed by atoms with Gasteiger partial charge in [-0.05, 0) is 0 Å². The Kier molecular flexibility index (Phi) is 7.59. The van der Waals surface area contributed by atoms with E-state index in [-0.39, 0.29) is 0 Å². The summed E-state index contributed by atoms with van der Waals surface area (Å²) < 4.78 is 0. The van der Waals surface area contributed by atoms with Crippen LogP contribution in [0.2, 0.25) is 0 Å². The minimum atomic E-state index is -0.472. The van der Waals surface area contributed by atoms with Crippen LogP contribution in [0.5, 0.6) is 0 Å². The molecule has 6 heavy (non-hydrogen) atoms. The Hall–Kier alpha value is 1.27. The van der Waals surface area contributed by atoms with Crippen LogP contribution in [0.4, 0.5) is 0 Å². The van der Waals surface area contributed by atoms with Crippen molar-refractivity contribution in [3.8, 4) is 0 Å². The van der Waals surface area contributed by atoms with Crippen molar-refractivity contribution in [2.45, 2.75) is 19.3 Å². The first kappa shape index (κ1) is 7.27. The quantitative estimate of drug-likeness (QED) is 0.645. The molecular formula is C3H6Cl2Pt. The molecule has 0 aromatic heterocycles. The maximum absolute atomic E-state index is 4.88. The Bertz CT molecular complexity index is 20.0. The van der Waals surface area contributed by atoms with Crippen molar-refractivity contribution in [1.29, 1.82) is 0 Å². The van der Waals surface area contributed by atoms with Crippen molar-refractivity contribution in [3.05, 3.63) is 0 Å². The van der Waals surface area contributed by atoms with Gasteiger partial charge in [0.1, 0.15) is 0 Å². The Labute approximate surface area is 54.6 Å². The van der Waals surface area contributed by atoms with Crippen molar-refractivity contribution in [1.82, 2.24) is 0 Å². The summed E-state index contributed by atoms with van der Waals surface area (Å²) in [6, 6.07) is 0. The van der Waals surface area contributed by atoms with Gasteiger partial charge in [-0.3, -0.25) is 0 Å². The Balaban J connectivity index is 0.0000000833. The zero-order chi connectivity index (χ0) is 4.83. The van der Waals surface area contributed by atoms with Gasteiger partial charge in [-0.1, -0.05) is 19.3 Å². The van der Waals surface area contributed by atoms with Gasteiger partial charge in [0.05, 0.1) is 0 Å². The third-order valence-corrected chi connectivity index (χ3v) is 0.354. The van der Waals surface area contributed by atoms with Crippen molar-refractivity contribution in [3.63, 3.8) is 0 Å². The summed E-state index contributed by atoms with van der Waals surface area (Å²) in [4.78, 5) is 0. The Morgan fingerprint density at radius 3 is 1.17 bits per heavy atom. The van der Waals surface area contributed by atoms with Gasteiger partial charge in [-0.2, -0.15) is 0 Å². The van der Waals surface area contributed by atoms with Crippen LogP contribution in [0.25, 0.3) is 0 Å². The van der Waals surface area contributed by atoms with Crippen molar-refractivity contribution in [2.75, 3.05) is 0 Å². The van der Waals surface area contributed by atoms with E-state index in [0.717, 1.165) is 0 Å². The number of hydrogen-bond acceptors (Lipinski definition) is 0. The van der Waals surface area contributed by atoms with Gasteiger partial charge in [0, 0.05) is 0 Å². The molecule has 1 aliphatic carbocycles. The van der Waals surface area contributed by atoms with Crippen molar-refractivity contribution < 1.29 is 16.5 Å². The fourth-order valence-corrected chi connectivity index (χ4v) is 0. The molecule has 0 nitrogen and oxygen atoms in total. The average molecular weight is 308 g/mol. The molecule has 0 amide bonds.